The van der Waals surface area contributed by atoms with Crippen molar-refractivity contribution < 1.29 is 25.8 Å². The average molecular weight is 335 g/mol. The van der Waals surface area contributed by atoms with Gasteiger partial charge in [-0.2, -0.15) is 0 Å². The van der Waals surface area contributed by atoms with Crippen LogP contribution in [0.1, 0.15) is 0 Å². The Balaban J connectivity index is -0.000000109. The van der Waals surface area contributed by atoms with Gasteiger partial charge in [0.25, 0.3) is 0 Å². The van der Waals surface area contributed by atoms with Crippen molar-refractivity contribution in [2.24, 2.45) is 0 Å². The molecule has 0 atom stereocenters. The zero-order valence-corrected chi connectivity index (χ0v) is 10.4. The van der Waals surface area contributed by atoms with Gasteiger partial charge in [-0.3, -0.25) is 10.5 Å². The summed E-state index contributed by atoms with van der Waals surface area (Å²) in [5, 5.41) is 36.0. The first-order chi connectivity index (χ1) is 3.81. The maximum absolute atomic E-state index is 8.17. The fourth-order valence-electron chi connectivity index (χ4n) is 0.0577. The van der Waals surface area contributed by atoms with E-state index in [-0.39, 0.29) is 40.5 Å². The molecule has 0 spiro atoms. The Bertz CT molecular complexity index is 31.4. The Morgan fingerprint density at radius 2 is 1.22 bits per heavy atom. The second-order valence-corrected chi connectivity index (χ2v) is 1.02. The molecule has 0 fully saturated rings. The molecule has 0 aliphatic carbocycles. The van der Waals surface area contributed by atoms with Crippen molar-refractivity contribution in [1.82, 2.24) is 0 Å². The van der Waals surface area contributed by atoms with Crippen molar-refractivity contribution in [1.29, 1.82) is 0 Å². The Morgan fingerprint density at radius 3 is 1.22 bits per heavy atom. The molecule has 0 aromatic carbocycles. The molecule has 0 heterocycles. The molecule has 0 rings (SSSR count). The van der Waals surface area contributed by atoms with Gasteiger partial charge in [0, 0.05) is 0 Å². The van der Waals surface area contributed by atoms with Crippen LogP contribution in [0.5, 0.6) is 0 Å². The summed E-state index contributed by atoms with van der Waals surface area (Å²) in [6.07, 6.45) is -0.954. The van der Waals surface area contributed by atoms with Crippen molar-refractivity contribution >= 4 is 27.3 Å². The molecule has 0 saturated carbocycles. The van der Waals surface area contributed by atoms with Gasteiger partial charge >= 0.3 is 27.3 Å². The molecule has 0 saturated heterocycles. The molecule has 2 radical (unpaired) electrons. The van der Waals surface area contributed by atoms with E-state index in [1.165, 1.54) is 0 Å². The molecule has 58 valence electrons. The van der Waals surface area contributed by atoms with Crippen LogP contribution in [0.2, 0.25) is 0 Å². The van der Waals surface area contributed by atoms with Gasteiger partial charge in [-0.1, -0.05) is 0 Å². The van der Waals surface area contributed by atoms with E-state index in [4.69, 9.17) is 25.8 Å². The van der Waals surface area contributed by atoms with E-state index in [9.17, 15) is 0 Å². The molecule has 5 N–H and O–H groups in total. The van der Waals surface area contributed by atoms with Crippen LogP contribution in [0, 0.1) is 0 Å². The molecule has 9 heavy (non-hydrogen) atoms. The third-order valence-corrected chi connectivity index (χ3v) is 0.421. The topological polar surface area (TPSA) is 101 Å². The molecular formula is C3H12O5Pb. The van der Waals surface area contributed by atoms with E-state index in [0.29, 0.717) is 0 Å². The first kappa shape index (κ1) is 16.4. The van der Waals surface area contributed by atoms with Gasteiger partial charge in [0.15, 0.2) is 0 Å². The second-order valence-electron chi connectivity index (χ2n) is 1.02. The van der Waals surface area contributed by atoms with Gasteiger partial charge in [0.1, 0.15) is 6.10 Å². The SMILES string of the molecule is OCC(O)CO.OO.[PbH2]. The number of hydrogen-bond acceptors (Lipinski definition) is 5. The van der Waals surface area contributed by atoms with Crippen LogP contribution in [0.15, 0.2) is 0 Å². The van der Waals surface area contributed by atoms with Gasteiger partial charge < -0.3 is 15.3 Å². The molecule has 0 amide bonds. The summed E-state index contributed by atoms with van der Waals surface area (Å²) in [4.78, 5) is 0. The number of aliphatic hydroxyl groups excluding tert-OH is 3. The zero-order valence-electron chi connectivity index (χ0n) is 4.93. The van der Waals surface area contributed by atoms with E-state index in [0.717, 1.165) is 0 Å². The molecule has 5 nitrogen and oxygen atoms in total. The van der Waals surface area contributed by atoms with Crippen LogP contribution in [-0.2, 0) is 0 Å². The van der Waals surface area contributed by atoms with Crippen LogP contribution < -0.4 is 0 Å². The van der Waals surface area contributed by atoms with E-state index >= 15 is 0 Å². The summed E-state index contributed by atoms with van der Waals surface area (Å²) in [6.45, 7) is -0.729. The monoisotopic (exact) mass is 336 g/mol. The first-order valence-electron chi connectivity index (χ1n) is 1.91. The van der Waals surface area contributed by atoms with Gasteiger partial charge in [0.05, 0.1) is 13.2 Å². The summed E-state index contributed by atoms with van der Waals surface area (Å²) in [6, 6.07) is 0. The van der Waals surface area contributed by atoms with E-state index in [1.54, 1.807) is 0 Å². The quantitative estimate of drug-likeness (QED) is 0.217. The average Bonchev–Trinajstić information content (AvgIpc) is 1.91. The Kier molecular flexibility index (Phi) is 28.9. The minimum atomic E-state index is -0.954. The predicted molar refractivity (Wildman–Crippen MR) is 34.0 cm³/mol. The van der Waals surface area contributed by atoms with Crippen LogP contribution in [0.25, 0.3) is 0 Å². The normalized spacial score (nSPS) is 7.33. The molecular weight excluding hydrogens is 323 g/mol. The van der Waals surface area contributed by atoms with Crippen LogP contribution in [-0.4, -0.2) is 72.5 Å². The third-order valence-electron chi connectivity index (χ3n) is 0.421. The Labute approximate surface area is 72.7 Å². The molecule has 0 aromatic heterocycles. The predicted octanol–water partition coefficient (Wildman–Crippen LogP) is -2.57. The Morgan fingerprint density at radius 1 is 1.00 bits per heavy atom. The van der Waals surface area contributed by atoms with Crippen molar-refractivity contribution in [2.45, 2.75) is 6.10 Å². The third kappa shape index (κ3) is 17.7. The van der Waals surface area contributed by atoms with Crippen molar-refractivity contribution in [3.8, 4) is 0 Å². The summed E-state index contributed by atoms with van der Waals surface area (Å²) in [5.41, 5.74) is 0. The zero-order chi connectivity index (χ0) is 6.99. The summed E-state index contributed by atoms with van der Waals surface area (Å²) in [5.74, 6) is 0. The maximum atomic E-state index is 8.17. The second kappa shape index (κ2) is 15.9. The number of hydrogen-bond donors (Lipinski definition) is 5. The summed E-state index contributed by atoms with van der Waals surface area (Å²) in [7, 11) is 0. The molecule has 0 bridgehead atoms. The fourth-order valence-corrected chi connectivity index (χ4v) is 0.0577. The fraction of sp³-hybridized carbons (Fsp3) is 1.00. The van der Waals surface area contributed by atoms with Crippen molar-refractivity contribution in [2.75, 3.05) is 13.2 Å². The number of aliphatic hydroxyl groups is 3. The molecule has 0 aliphatic rings. The summed E-state index contributed by atoms with van der Waals surface area (Å²) < 4.78 is 0. The van der Waals surface area contributed by atoms with Crippen molar-refractivity contribution in [3.05, 3.63) is 0 Å². The van der Waals surface area contributed by atoms with Gasteiger partial charge in [-0.05, 0) is 0 Å². The van der Waals surface area contributed by atoms with Gasteiger partial charge in [-0.15, -0.1) is 0 Å². The molecule has 0 aliphatic heterocycles. The summed E-state index contributed by atoms with van der Waals surface area (Å²) >= 11 is 0. The molecule has 6 heteroatoms. The number of rotatable bonds is 2. The van der Waals surface area contributed by atoms with Crippen LogP contribution in [0.4, 0.5) is 0 Å². The molecule has 0 aromatic rings. The van der Waals surface area contributed by atoms with Crippen molar-refractivity contribution in [3.63, 3.8) is 0 Å². The molecule has 0 unspecified atom stereocenters. The Hall–Kier alpha value is 0.722. The van der Waals surface area contributed by atoms with Crippen LogP contribution in [0.3, 0.4) is 0 Å². The standard InChI is InChI=1S/C3H8O3.H2O2.Pb.2H/c4-1-3(6)2-5;1-2;;;/h3-6H,1-2H2;1-2H;;;. The minimum absolute atomic E-state index is 0. The van der Waals surface area contributed by atoms with Crippen LogP contribution >= 0.6 is 0 Å². The first-order valence-corrected chi connectivity index (χ1v) is 1.91. The van der Waals surface area contributed by atoms with Gasteiger partial charge in [0.2, 0.25) is 0 Å². The van der Waals surface area contributed by atoms with E-state index in [2.05, 4.69) is 0 Å². The van der Waals surface area contributed by atoms with Gasteiger partial charge in [-0.25, -0.2) is 0 Å². The van der Waals surface area contributed by atoms with E-state index in [1.807, 2.05) is 0 Å². The van der Waals surface area contributed by atoms with E-state index < -0.39 is 6.10 Å².